The number of hydrogen-bond donors (Lipinski definition) is 2. The van der Waals surface area contributed by atoms with E-state index in [0.29, 0.717) is 24.0 Å². The van der Waals surface area contributed by atoms with Gasteiger partial charge in [0, 0.05) is 18.6 Å². The zero-order valence-corrected chi connectivity index (χ0v) is 9.55. The minimum Gasteiger partial charge on any atom is -0.350 e. The topological polar surface area (TPSA) is 57.8 Å². The van der Waals surface area contributed by atoms with Gasteiger partial charge in [-0.2, -0.15) is 5.10 Å². The van der Waals surface area contributed by atoms with Crippen LogP contribution in [0.25, 0.3) is 0 Å². The summed E-state index contributed by atoms with van der Waals surface area (Å²) in [5.41, 5.74) is 0.496. The average Bonchev–Trinajstić information content (AvgIpc) is 2.77. The summed E-state index contributed by atoms with van der Waals surface area (Å²) in [6.45, 7) is 2.76. The van der Waals surface area contributed by atoms with Crippen LogP contribution in [0.2, 0.25) is 0 Å². The third-order valence-corrected chi connectivity index (χ3v) is 2.61. The Bertz CT molecular complexity index is 287. The molecule has 84 valence electrons. The minimum atomic E-state index is -0.111. The van der Waals surface area contributed by atoms with Crippen LogP contribution >= 0.6 is 11.6 Å². The molecule has 0 radical (unpaired) electrons. The molecule has 1 heterocycles. The molecular weight excluding hydrogens is 214 g/mol. The standard InChI is InChI=1S/C10H16ClN3O/c1-2-8(3-5-11)7-12-10(15)9-4-6-13-14-9/h4,6,8H,2-3,5,7H2,1H3,(H,12,15)(H,13,14). The highest BCUT2D eigenvalue weighted by atomic mass is 35.5. The van der Waals surface area contributed by atoms with Gasteiger partial charge in [0.05, 0.1) is 0 Å². The lowest BCUT2D eigenvalue weighted by Crippen LogP contribution is -2.29. The summed E-state index contributed by atoms with van der Waals surface area (Å²) in [5, 5.41) is 9.19. The Morgan fingerprint density at radius 1 is 1.73 bits per heavy atom. The molecule has 0 spiro atoms. The van der Waals surface area contributed by atoms with Crippen molar-refractivity contribution in [3.05, 3.63) is 18.0 Å². The molecule has 1 rings (SSSR count). The van der Waals surface area contributed by atoms with Crippen LogP contribution in [0, 0.1) is 5.92 Å². The van der Waals surface area contributed by atoms with Crippen LogP contribution in [-0.2, 0) is 0 Å². The summed E-state index contributed by atoms with van der Waals surface area (Å²) in [4.78, 5) is 11.5. The van der Waals surface area contributed by atoms with Crippen LogP contribution in [0.3, 0.4) is 0 Å². The van der Waals surface area contributed by atoms with Gasteiger partial charge < -0.3 is 5.32 Å². The molecule has 1 unspecified atom stereocenters. The molecule has 0 aliphatic heterocycles. The van der Waals surface area contributed by atoms with Gasteiger partial charge in [0.25, 0.3) is 5.91 Å². The number of aromatic nitrogens is 2. The molecule has 4 nitrogen and oxygen atoms in total. The van der Waals surface area contributed by atoms with Crippen molar-refractivity contribution in [3.63, 3.8) is 0 Å². The second-order valence-corrected chi connectivity index (χ2v) is 3.81. The van der Waals surface area contributed by atoms with Gasteiger partial charge in [-0.3, -0.25) is 9.89 Å². The zero-order valence-electron chi connectivity index (χ0n) is 8.79. The molecule has 0 aliphatic carbocycles. The van der Waals surface area contributed by atoms with Crippen molar-refractivity contribution in [3.8, 4) is 0 Å². The molecule has 0 saturated carbocycles. The van der Waals surface area contributed by atoms with Gasteiger partial charge in [-0.15, -0.1) is 11.6 Å². The van der Waals surface area contributed by atoms with Gasteiger partial charge in [0.2, 0.25) is 0 Å². The molecule has 1 aromatic heterocycles. The monoisotopic (exact) mass is 229 g/mol. The molecule has 0 aliphatic rings. The van der Waals surface area contributed by atoms with E-state index < -0.39 is 0 Å². The quantitative estimate of drug-likeness (QED) is 0.731. The van der Waals surface area contributed by atoms with E-state index in [0.717, 1.165) is 12.8 Å². The predicted octanol–water partition coefficient (Wildman–Crippen LogP) is 1.79. The van der Waals surface area contributed by atoms with E-state index in [9.17, 15) is 4.79 Å². The third-order valence-electron chi connectivity index (χ3n) is 2.39. The number of carbonyl (C=O) groups is 1. The van der Waals surface area contributed by atoms with Gasteiger partial charge in [0.15, 0.2) is 0 Å². The molecule has 2 N–H and O–H groups in total. The van der Waals surface area contributed by atoms with Gasteiger partial charge in [0.1, 0.15) is 5.69 Å². The van der Waals surface area contributed by atoms with Crippen LogP contribution in [0.1, 0.15) is 30.3 Å². The highest BCUT2D eigenvalue weighted by Crippen LogP contribution is 2.07. The van der Waals surface area contributed by atoms with Gasteiger partial charge in [-0.1, -0.05) is 13.3 Å². The SMILES string of the molecule is CCC(CCCl)CNC(=O)c1ccn[nH]1. The van der Waals surface area contributed by atoms with Crippen molar-refractivity contribution >= 4 is 17.5 Å². The molecule has 0 fully saturated rings. The van der Waals surface area contributed by atoms with E-state index in [1.165, 1.54) is 0 Å². The van der Waals surface area contributed by atoms with E-state index >= 15 is 0 Å². The fourth-order valence-electron chi connectivity index (χ4n) is 1.32. The van der Waals surface area contributed by atoms with Crippen molar-refractivity contribution in [2.45, 2.75) is 19.8 Å². The molecule has 1 amide bonds. The van der Waals surface area contributed by atoms with Gasteiger partial charge in [-0.25, -0.2) is 0 Å². The number of aromatic amines is 1. The first-order valence-corrected chi connectivity index (χ1v) is 5.65. The van der Waals surface area contributed by atoms with Crippen molar-refractivity contribution in [2.24, 2.45) is 5.92 Å². The fourth-order valence-corrected chi connectivity index (χ4v) is 1.63. The van der Waals surface area contributed by atoms with E-state index in [2.05, 4.69) is 22.4 Å². The van der Waals surface area contributed by atoms with Crippen LogP contribution < -0.4 is 5.32 Å². The first-order valence-electron chi connectivity index (χ1n) is 5.11. The Balaban J connectivity index is 2.33. The lowest BCUT2D eigenvalue weighted by atomic mass is 10.0. The van der Waals surface area contributed by atoms with Gasteiger partial charge >= 0.3 is 0 Å². The third kappa shape index (κ3) is 3.91. The Labute approximate surface area is 94.4 Å². The Hall–Kier alpha value is -1.03. The number of amides is 1. The van der Waals surface area contributed by atoms with Crippen LogP contribution in [0.5, 0.6) is 0 Å². The average molecular weight is 230 g/mol. The second kappa shape index (κ2) is 6.45. The lowest BCUT2D eigenvalue weighted by Gasteiger charge is -2.13. The van der Waals surface area contributed by atoms with Crippen LogP contribution in [0.4, 0.5) is 0 Å². The van der Waals surface area contributed by atoms with Crippen molar-refractivity contribution in [2.75, 3.05) is 12.4 Å². The maximum absolute atomic E-state index is 11.5. The molecule has 1 aromatic rings. The van der Waals surface area contributed by atoms with Crippen molar-refractivity contribution in [1.29, 1.82) is 0 Å². The smallest absolute Gasteiger partial charge is 0.269 e. The number of rotatable bonds is 6. The van der Waals surface area contributed by atoms with Crippen molar-refractivity contribution < 1.29 is 4.79 Å². The number of halogens is 1. The normalized spacial score (nSPS) is 12.4. The fraction of sp³-hybridized carbons (Fsp3) is 0.600. The van der Waals surface area contributed by atoms with E-state index in [1.54, 1.807) is 12.3 Å². The number of carbonyl (C=O) groups excluding carboxylic acids is 1. The maximum Gasteiger partial charge on any atom is 0.269 e. The van der Waals surface area contributed by atoms with E-state index in [-0.39, 0.29) is 5.91 Å². The summed E-state index contributed by atoms with van der Waals surface area (Å²) >= 11 is 5.66. The molecule has 0 bridgehead atoms. The van der Waals surface area contributed by atoms with Crippen molar-refractivity contribution in [1.82, 2.24) is 15.5 Å². The second-order valence-electron chi connectivity index (χ2n) is 3.43. The predicted molar refractivity (Wildman–Crippen MR) is 60.0 cm³/mol. The molecule has 0 saturated heterocycles. The van der Waals surface area contributed by atoms with E-state index in [4.69, 9.17) is 11.6 Å². The molecular formula is C10H16ClN3O. The Morgan fingerprint density at radius 3 is 3.07 bits per heavy atom. The summed E-state index contributed by atoms with van der Waals surface area (Å²) in [6, 6.07) is 1.65. The van der Waals surface area contributed by atoms with E-state index in [1.807, 2.05) is 0 Å². The highest BCUT2D eigenvalue weighted by Gasteiger charge is 2.10. The largest absolute Gasteiger partial charge is 0.350 e. The summed E-state index contributed by atoms with van der Waals surface area (Å²) in [7, 11) is 0. The number of nitrogens with zero attached hydrogens (tertiary/aromatic N) is 1. The zero-order chi connectivity index (χ0) is 11.1. The Morgan fingerprint density at radius 2 is 2.53 bits per heavy atom. The van der Waals surface area contributed by atoms with Gasteiger partial charge in [-0.05, 0) is 18.4 Å². The number of nitrogens with one attached hydrogen (secondary N) is 2. The Kier molecular flexibility index (Phi) is 5.18. The number of alkyl halides is 1. The highest BCUT2D eigenvalue weighted by molar-refractivity contribution is 6.17. The molecule has 0 aromatic carbocycles. The number of hydrogen-bond acceptors (Lipinski definition) is 2. The summed E-state index contributed by atoms with van der Waals surface area (Å²) in [5.74, 6) is 0.980. The number of H-pyrrole nitrogens is 1. The maximum atomic E-state index is 11.5. The van der Waals surface area contributed by atoms with Crippen LogP contribution in [0.15, 0.2) is 12.3 Å². The molecule has 5 heteroatoms. The molecule has 1 atom stereocenters. The summed E-state index contributed by atoms with van der Waals surface area (Å²) < 4.78 is 0. The lowest BCUT2D eigenvalue weighted by molar-refractivity contribution is 0.0941. The first kappa shape index (κ1) is 12.0. The molecule has 15 heavy (non-hydrogen) atoms. The summed E-state index contributed by atoms with van der Waals surface area (Å²) in [6.07, 6.45) is 3.52. The minimum absolute atomic E-state index is 0.111. The first-order chi connectivity index (χ1) is 7.27. The van der Waals surface area contributed by atoms with Crippen LogP contribution in [-0.4, -0.2) is 28.5 Å².